The van der Waals surface area contributed by atoms with E-state index in [1.54, 1.807) is 18.5 Å². The molecule has 5 aromatic rings. The molecule has 0 saturated carbocycles. The third-order valence-electron chi connectivity index (χ3n) is 6.50. The SMILES string of the molecule is CCC(NC(=O)c1cnc2cc(NC(=O)c3ccccc3-c3ccc(C)cc3)ccc2c1)c1ccccn1. The Balaban J connectivity index is 1.33. The number of benzene rings is 3. The lowest BCUT2D eigenvalue weighted by Gasteiger charge is -2.16. The minimum absolute atomic E-state index is 0.181. The first kappa shape index (κ1) is 24.8. The van der Waals surface area contributed by atoms with E-state index in [4.69, 9.17) is 0 Å². The number of carbonyl (C=O) groups excluding carboxylic acids is 2. The fourth-order valence-electron chi connectivity index (χ4n) is 4.40. The highest BCUT2D eigenvalue weighted by Gasteiger charge is 2.16. The Kier molecular flexibility index (Phi) is 7.22. The molecule has 188 valence electrons. The number of nitrogens with one attached hydrogen (secondary N) is 2. The third kappa shape index (κ3) is 5.44. The maximum atomic E-state index is 13.2. The Morgan fingerprint density at radius 3 is 2.39 bits per heavy atom. The third-order valence-corrected chi connectivity index (χ3v) is 6.50. The summed E-state index contributed by atoms with van der Waals surface area (Å²) in [4.78, 5) is 35.0. The van der Waals surface area contributed by atoms with Crippen molar-refractivity contribution in [3.05, 3.63) is 126 Å². The second-order valence-corrected chi connectivity index (χ2v) is 9.19. The average molecular weight is 501 g/mol. The van der Waals surface area contributed by atoms with Crippen molar-refractivity contribution < 1.29 is 9.59 Å². The first-order chi connectivity index (χ1) is 18.5. The van der Waals surface area contributed by atoms with Gasteiger partial charge >= 0.3 is 0 Å². The van der Waals surface area contributed by atoms with Crippen LogP contribution in [-0.4, -0.2) is 21.8 Å². The minimum atomic E-state index is -0.206. The Morgan fingerprint density at radius 2 is 1.63 bits per heavy atom. The lowest BCUT2D eigenvalue weighted by Crippen LogP contribution is -2.28. The molecule has 0 aliphatic rings. The maximum absolute atomic E-state index is 13.2. The van der Waals surface area contributed by atoms with E-state index < -0.39 is 0 Å². The Hall–Kier alpha value is -4.84. The number of hydrogen-bond donors (Lipinski definition) is 2. The number of rotatable bonds is 7. The van der Waals surface area contributed by atoms with E-state index >= 15 is 0 Å². The van der Waals surface area contributed by atoms with E-state index in [2.05, 4.69) is 20.6 Å². The number of aryl methyl sites for hydroxylation is 1. The monoisotopic (exact) mass is 500 g/mol. The van der Waals surface area contributed by atoms with Gasteiger partial charge < -0.3 is 10.6 Å². The van der Waals surface area contributed by atoms with E-state index in [-0.39, 0.29) is 17.9 Å². The van der Waals surface area contributed by atoms with E-state index in [0.29, 0.717) is 22.3 Å². The van der Waals surface area contributed by atoms with Crippen molar-refractivity contribution in [2.45, 2.75) is 26.3 Å². The molecule has 2 N–H and O–H groups in total. The predicted octanol–water partition coefficient (Wildman–Crippen LogP) is 6.74. The molecule has 2 aromatic heterocycles. The smallest absolute Gasteiger partial charge is 0.256 e. The van der Waals surface area contributed by atoms with Crippen LogP contribution >= 0.6 is 0 Å². The fraction of sp³-hybridized carbons (Fsp3) is 0.125. The summed E-state index contributed by atoms with van der Waals surface area (Å²) >= 11 is 0. The van der Waals surface area contributed by atoms with Gasteiger partial charge in [0.05, 0.1) is 22.8 Å². The molecule has 6 nitrogen and oxygen atoms in total. The van der Waals surface area contributed by atoms with Gasteiger partial charge in [-0.2, -0.15) is 0 Å². The van der Waals surface area contributed by atoms with Crippen LogP contribution in [-0.2, 0) is 0 Å². The summed E-state index contributed by atoms with van der Waals surface area (Å²) in [5, 5.41) is 6.85. The molecule has 0 radical (unpaired) electrons. The zero-order chi connectivity index (χ0) is 26.5. The number of amides is 2. The molecule has 1 atom stereocenters. The van der Waals surface area contributed by atoms with Crippen molar-refractivity contribution in [1.29, 1.82) is 0 Å². The largest absolute Gasteiger partial charge is 0.344 e. The van der Waals surface area contributed by atoms with Gasteiger partial charge in [-0.3, -0.25) is 19.6 Å². The molecule has 0 saturated heterocycles. The van der Waals surface area contributed by atoms with Gasteiger partial charge in [-0.15, -0.1) is 0 Å². The van der Waals surface area contributed by atoms with Crippen LogP contribution in [0, 0.1) is 6.92 Å². The van der Waals surface area contributed by atoms with E-state index in [9.17, 15) is 9.59 Å². The molecule has 0 bridgehead atoms. The van der Waals surface area contributed by atoms with Gasteiger partial charge in [0.25, 0.3) is 11.8 Å². The van der Waals surface area contributed by atoms with Crippen LogP contribution in [0.15, 0.2) is 103 Å². The molecule has 5 rings (SSSR count). The van der Waals surface area contributed by atoms with Crippen LogP contribution in [0.4, 0.5) is 5.69 Å². The van der Waals surface area contributed by atoms with Gasteiger partial charge in [-0.1, -0.05) is 67.1 Å². The van der Waals surface area contributed by atoms with Crippen molar-refractivity contribution in [3.8, 4) is 11.1 Å². The van der Waals surface area contributed by atoms with Crippen molar-refractivity contribution in [2.24, 2.45) is 0 Å². The lowest BCUT2D eigenvalue weighted by atomic mass is 9.98. The molecule has 0 spiro atoms. The molecule has 2 heterocycles. The summed E-state index contributed by atoms with van der Waals surface area (Å²) in [5.74, 6) is -0.404. The Labute approximate surface area is 221 Å². The van der Waals surface area contributed by atoms with Crippen molar-refractivity contribution in [3.63, 3.8) is 0 Å². The molecule has 0 aliphatic heterocycles. The average Bonchev–Trinajstić information content (AvgIpc) is 2.96. The van der Waals surface area contributed by atoms with Crippen LogP contribution in [0.2, 0.25) is 0 Å². The maximum Gasteiger partial charge on any atom is 0.256 e. The van der Waals surface area contributed by atoms with Crippen molar-refractivity contribution in [2.75, 3.05) is 5.32 Å². The summed E-state index contributed by atoms with van der Waals surface area (Å²) in [7, 11) is 0. The second kappa shape index (κ2) is 11.0. The first-order valence-electron chi connectivity index (χ1n) is 12.6. The molecule has 38 heavy (non-hydrogen) atoms. The molecular weight excluding hydrogens is 472 g/mol. The van der Waals surface area contributed by atoms with Gasteiger partial charge in [0.1, 0.15) is 0 Å². The van der Waals surface area contributed by atoms with E-state index in [0.717, 1.165) is 28.6 Å². The van der Waals surface area contributed by atoms with Crippen LogP contribution in [0.5, 0.6) is 0 Å². The molecule has 2 amide bonds. The summed E-state index contributed by atoms with van der Waals surface area (Å²) in [6.07, 6.45) is 4.00. The predicted molar refractivity (Wildman–Crippen MR) is 151 cm³/mol. The quantitative estimate of drug-likeness (QED) is 0.259. The molecule has 1 unspecified atom stereocenters. The Bertz CT molecular complexity index is 1600. The first-order valence-corrected chi connectivity index (χ1v) is 12.6. The summed E-state index contributed by atoms with van der Waals surface area (Å²) < 4.78 is 0. The number of pyridine rings is 2. The second-order valence-electron chi connectivity index (χ2n) is 9.19. The van der Waals surface area contributed by atoms with Crippen molar-refractivity contribution in [1.82, 2.24) is 15.3 Å². The summed E-state index contributed by atoms with van der Waals surface area (Å²) in [6.45, 7) is 4.04. The Morgan fingerprint density at radius 1 is 0.842 bits per heavy atom. The van der Waals surface area contributed by atoms with Crippen LogP contribution < -0.4 is 10.6 Å². The lowest BCUT2D eigenvalue weighted by molar-refractivity contribution is 0.0933. The van der Waals surface area contributed by atoms with Crippen LogP contribution in [0.1, 0.15) is 51.4 Å². The standard InChI is InChI=1S/C32H28N4O2/c1-3-28(29-10-6-7-17-33-29)36-31(37)24-18-23-15-16-25(19-30(23)34-20-24)35-32(38)27-9-5-4-8-26(27)22-13-11-21(2)12-14-22/h4-20,28H,3H2,1-2H3,(H,35,38)(H,36,37). The van der Waals surface area contributed by atoms with Crippen LogP contribution in [0.25, 0.3) is 22.0 Å². The molecule has 3 aromatic carbocycles. The van der Waals surface area contributed by atoms with Crippen LogP contribution in [0.3, 0.4) is 0 Å². The van der Waals surface area contributed by atoms with Crippen molar-refractivity contribution >= 4 is 28.4 Å². The van der Waals surface area contributed by atoms with Gasteiger partial charge in [-0.25, -0.2) is 0 Å². The molecule has 0 fully saturated rings. The highest BCUT2D eigenvalue weighted by Crippen LogP contribution is 2.26. The molecule has 6 heteroatoms. The van der Waals surface area contributed by atoms with E-state index in [1.807, 2.05) is 98.8 Å². The van der Waals surface area contributed by atoms with E-state index in [1.165, 1.54) is 5.56 Å². The number of anilines is 1. The zero-order valence-electron chi connectivity index (χ0n) is 21.3. The number of fused-ring (bicyclic) bond motifs is 1. The summed E-state index contributed by atoms with van der Waals surface area (Å²) in [5.41, 5.74) is 6.22. The topological polar surface area (TPSA) is 84.0 Å². The summed E-state index contributed by atoms with van der Waals surface area (Å²) in [6, 6.07) is 28.5. The number of carbonyl (C=O) groups is 2. The molecular formula is C32H28N4O2. The van der Waals surface area contributed by atoms with Gasteiger partial charge in [-0.05, 0) is 60.9 Å². The number of aromatic nitrogens is 2. The zero-order valence-corrected chi connectivity index (χ0v) is 21.3. The van der Waals surface area contributed by atoms with Gasteiger partial charge in [0.2, 0.25) is 0 Å². The van der Waals surface area contributed by atoms with Gasteiger partial charge in [0, 0.05) is 29.0 Å². The minimum Gasteiger partial charge on any atom is -0.344 e. The highest BCUT2D eigenvalue weighted by molar-refractivity contribution is 6.09. The number of hydrogen-bond acceptors (Lipinski definition) is 4. The number of nitrogens with zero attached hydrogens (tertiary/aromatic N) is 2. The highest BCUT2D eigenvalue weighted by atomic mass is 16.2. The molecule has 0 aliphatic carbocycles. The normalized spacial score (nSPS) is 11.6. The fourth-order valence-corrected chi connectivity index (χ4v) is 4.40. The van der Waals surface area contributed by atoms with Gasteiger partial charge in [0.15, 0.2) is 0 Å².